The van der Waals surface area contributed by atoms with Crippen LogP contribution in [-0.4, -0.2) is 48.4 Å². The molecule has 0 aromatic heterocycles. The van der Waals surface area contributed by atoms with Gasteiger partial charge in [0.05, 0.1) is 13.2 Å². The molecule has 0 fully saturated rings. The summed E-state index contributed by atoms with van der Waals surface area (Å²) in [6.07, 6.45) is 3.30. The van der Waals surface area contributed by atoms with Gasteiger partial charge >= 0.3 is 19.8 Å². The number of hydrogen-bond donors (Lipinski definition) is 3. The summed E-state index contributed by atoms with van der Waals surface area (Å²) in [5, 5.41) is 4.65. The minimum atomic E-state index is -4.22. The molecule has 178 valence electrons. The van der Waals surface area contributed by atoms with Gasteiger partial charge in [0.1, 0.15) is 11.6 Å². The van der Waals surface area contributed by atoms with Crippen molar-refractivity contribution in [2.75, 3.05) is 19.8 Å². The summed E-state index contributed by atoms with van der Waals surface area (Å²) < 4.78 is 27.2. The van der Waals surface area contributed by atoms with Crippen LogP contribution in [0.25, 0.3) is 0 Å². The van der Waals surface area contributed by atoms with Crippen LogP contribution < -0.4 is 10.4 Å². The first-order valence-electron chi connectivity index (χ1n) is 9.78. The minimum Gasteiger partial charge on any atom is -0.464 e. The molecule has 29 heavy (non-hydrogen) atoms. The summed E-state index contributed by atoms with van der Waals surface area (Å²) in [4.78, 5) is 33.3. The molecule has 11 heteroatoms. The molecule has 0 saturated heterocycles. The van der Waals surface area contributed by atoms with E-state index in [2.05, 4.69) is 24.3 Å². The number of carbonyl (C=O) groups excluding carboxylic acids is 2. The van der Waals surface area contributed by atoms with Gasteiger partial charge in [-0.15, -0.1) is 0 Å². The molecule has 0 aliphatic carbocycles. The zero-order chi connectivity index (χ0) is 21.8. The van der Waals surface area contributed by atoms with E-state index in [0.717, 1.165) is 25.7 Å². The largest absolute Gasteiger partial charge is 0.464 e. The first-order chi connectivity index (χ1) is 12.9. The van der Waals surface area contributed by atoms with Gasteiger partial charge in [-0.1, -0.05) is 26.7 Å². The maximum atomic E-state index is 12.0. The van der Waals surface area contributed by atoms with Crippen LogP contribution in [0.3, 0.4) is 0 Å². The van der Waals surface area contributed by atoms with Crippen molar-refractivity contribution in [1.82, 2.24) is 10.4 Å². The summed E-state index contributed by atoms with van der Waals surface area (Å²) in [6.45, 7) is 10.8. The molecular weight excluding hydrogens is 644 g/mol. The van der Waals surface area contributed by atoms with Crippen molar-refractivity contribution < 1.29 is 33.0 Å². The summed E-state index contributed by atoms with van der Waals surface area (Å²) in [5.74, 6) is -0.316. The van der Waals surface area contributed by atoms with E-state index in [1.165, 1.54) is 6.92 Å². The van der Waals surface area contributed by atoms with Crippen LogP contribution in [-0.2, 0) is 23.4 Å². The molecule has 1 unspecified atom stereocenters. The van der Waals surface area contributed by atoms with Crippen molar-refractivity contribution in [2.24, 2.45) is 5.92 Å². The fraction of sp³-hybridized carbons (Fsp3) is 0.889. The average molecular weight is 681 g/mol. The Morgan fingerprint density at radius 1 is 1.14 bits per heavy atom. The Hall–Kier alpha value is -2.15. The van der Waals surface area contributed by atoms with Crippen molar-refractivity contribution >= 4 is 19.8 Å². The monoisotopic (exact) mass is 681 g/mol. The third-order valence-corrected chi connectivity index (χ3v) is 4.85. The quantitative estimate of drug-likeness (QED) is 0.154. The molecule has 0 aliphatic rings. The molecule has 0 aliphatic heterocycles. The number of carbonyl (C=O) groups is 2. The molecular formula is C18H37FmN2O7P. The maximum Gasteiger partial charge on any atom is 0.407 e. The van der Waals surface area contributed by atoms with Crippen LogP contribution in [0, 0.1) is 5.92 Å². The van der Waals surface area contributed by atoms with Gasteiger partial charge in [-0.2, -0.15) is 0 Å². The molecule has 0 radical (unpaired) electrons. The van der Waals surface area contributed by atoms with Crippen molar-refractivity contribution in [2.45, 2.75) is 78.9 Å². The van der Waals surface area contributed by atoms with E-state index < -0.39 is 31.5 Å². The number of alkyl carbamates (subject to hydrolysis) is 1. The van der Waals surface area contributed by atoms with Gasteiger partial charge in [0.15, 0.2) is 0 Å². The van der Waals surface area contributed by atoms with E-state index in [1.54, 1.807) is 20.8 Å². The smallest absolute Gasteiger partial charge is 0.407 e. The standard InChI is InChI=1S/C18H37N2O7P.Fm/c1-7-9-15(10-8-2)13-25-16(21)14(3)20-28(23,24)26-12-11-19-17(22)27-18(4,5)6;/h14-15H,7-13H2,1-6H3,(H,19,22)(H2,20,23,24);/t14-;/m0./s1. The van der Waals surface area contributed by atoms with Crippen molar-refractivity contribution in [3.05, 3.63) is 0 Å². The summed E-state index contributed by atoms with van der Waals surface area (Å²) in [7, 11) is -4.22. The summed E-state index contributed by atoms with van der Waals surface area (Å²) in [5.41, 5.74) is -0.637. The van der Waals surface area contributed by atoms with Gasteiger partial charge in [-0.05, 0) is 46.5 Å². The molecule has 0 spiro atoms. The van der Waals surface area contributed by atoms with Crippen molar-refractivity contribution in [1.29, 1.82) is 0 Å². The van der Waals surface area contributed by atoms with Gasteiger partial charge < -0.3 is 19.7 Å². The number of esters is 1. The summed E-state index contributed by atoms with van der Waals surface area (Å²) >= 11 is 0. The molecule has 0 aromatic carbocycles. The number of hydrogen-bond acceptors (Lipinski definition) is 6. The second kappa shape index (κ2) is 13.9. The van der Waals surface area contributed by atoms with Crippen molar-refractivity contribution in [3.63, 3.8) is 0 Å². The molecule has 0 rings (SSSR count). The maximum absolute atomic E-state index is 12.0. The third-order valence-electron chi connectivity index (χ3n) is 3.60. The number of ether oxygens (including phenoxy) is 2. The van der Waals surface area contributed by atoms with E-state index in [1.807, 2.05) is 0 Å². The Balaban J connectivity index is 0. The molecule has 1 amide bonds. The SMILES string of the molecule is CCCC(CCC)COC(=O)[C@H](C)NP(=O)(O)OCCNC(=O)OC(C)(C)C.[Fm]. The Kier molecular flexibility index (Phi) is 14.0. The number of amides is 1. The Bertz CT molecular complexity index is 523. The first-order valence-corrected chi connectivity index (χ1v) is 11.4. The third kappa shape index (κ3) is 15.4. The Labute approximate surface area is 168 Å². The summed E-state index contributed by atoms with van der Waals surface area (Å²) in [6, 6.07) is -1.00. The first kappa shape index (κ1) is 29.1. The van der Waals surface area contributed by atoms with Gasteiger partial charge in [-0.25, -0.2) is 14.4 Å². The zero-order valence-corrected chi connectivity index (χ0v) is 21.5. The second-order valence-corrected chi connectivity index (χ2v) is 9.26. The van der Waals surface area contributed by atoms with E-state index in [4.69, 9.17) is 14.0 Å². The van der Waals surface area contributed by atoms with E-state index in [9.17, 15) is 19.0 Å². The minimum absolute atomic E-state index is 0. The van der Waals surface area contributed by atoms with E-state index in [-0.39, 0.29) is 13.2 Å². The van der Waals surface area contributed by atoms with Crippen LogP contribution in [0.15, 0.2) is 0 Å². The number of nitrogens with one attached hydrogen (secondary N) is 2. The van der Waals surface area contributed by atoms with Crippen LogP contribution in [0.1, 0.15) is 67.2 Å². The molecule has 0 saturated carbocycles. The predicted octanol–water partition coefficient (Wildman–Crippen LogP) is 3.37. The van der Waals surface area contributed by atoms with Gasteiger partial charge in [0, 0.05) is 6.54 Å². The number of rotatable bonds is 13. The molecule has 0 aromatic rings. The van der Waals surface area contributed by atoms with Crippen LogP contribution >= 0.6 is 7.75 Å². The van der Waals surface area contributed by atoms with Gasteiger partial charge in [0.2, 0.25) is 0 Å². The molecule has 9 nitrogen and oxygen atoms in total. The average Bonchev–Trinajstić information content (AvgIpc) is 2.54. The van der Waals surface area contributed by atoms with Crippen LogP contribution in [0.5, 0.6) is 0 Å². The van der Waals surface area contributed by atoms with Crippen molar-refractivity contribution in [3.8, 4) is 0 Å². The van der Waals surface area contributed by atoms with E-state index >= 15 is 0 Å². The molecule has 3 N–H and O–H groups in total. The topological polar surface area (TPSA) is 123 Å². The van der Waals surface area contributed by atoms with Gasteiger partial charge in [0.25, 0.3) is 0 Å². The van der Waals surface area contributed by atoms with E-state index in [0.29, 0.717) is 12.5 Å². The van der Waals surface area contributed by atoms with Gasteiger partial charge in [-0.3, -0.25) is 9.32 Å². The Morgan fingerprint density at radius 3 is 2.17 bits per heavy atom. The van der Waals surface area contributed by atoms with Crippen LogP contribution in [0.4, 0.5) is 4.79 Å². The zero-order valence-electron chi connectivity index (χ0n) is 18.2. The fourth-order valence-corrected chi connectivity index (χ4v) is 3.43. The molecule has 2 atom stereocenters. The molecule has 0 bridgehead atoms. The Morgan fingerprint density at radius 2 is 1.69 bits per heavy atom. The van der Waals surface area contributed by atoms with Crippen LogP contribution in [0.2, 0.25) is 0 Å². The fourth-order valence-electron chi connectivity index (χ4n) is 2.42. The predicted molar refractivity (Wildman–Crippen MR) is 107 cm³/mol. The second-order valence-electron chi connectivity index (χ2n) is 7.71. The molecule has 0 heterocycles. The normalized spacial score (nSPS) is 14.5.